The largest absolute Gasteiger partial charge is 0.469 e. The normalized spacial score (nSPS) is 18.7. The van der Waals surface area contributed by atoms with Gasteiger partial charge in [-0.25, -0.2) is 0 Å². The van der Waals surface area contributed by atoms with Crippen LogP contribution < -0.4 is 10.6 Å². The van der Waals surface area contributed by atoms with E-state index in [-0.39, 0.29) is 24.8 Å². The molecule has 1 saturated heterocycles. The number of hydrogen-bond donors (Lipinski definition) is 2. The molecule has 0 aliphatic carbocycles. The number of ether oxygens (including phenoxy) is 1. The van der Waals surface area contributed by atoms with Gasteiger partial charge in [0.2, 0.25) is 11.8 Å². The first-order chi connectivity index (χ1) is 12.4. The van der Waals surface area contributed by atoms with Gasteiger partial charge in [-0.05, 0) is 30.0 Å². The zero-order valence-corrected chi connectivity index (χ0v) is 15.6. The van der Waals surface area contributed by atoms with Crippen molar-refractivity contribution >= 4 is 23.5 Å². The molecule has 7 heteroatoms. The number of amides is 2. The molecule has 2 atom stereocenters. The Kier molecular flexibility index (Phi) is 7.15. The van der Waals surface area contributed by atoms with Gasteiger partial charge < -0.3 is 15.4 Å². The number of nitrogens with one attached hydrogen (secondary N) is 2. The molecular weight excluding hydrogens is 334 g/mol. The molecule has 1 aliphatic heterocycles. The highest BCUT2D eigenvalue weighted by molar-refractivity contribution is 5.93. The van der Waals surface area contributed by atoms with Gasteiger partial charge >= 0.3 is 5.97 Å². The van der Waals surface area contributed by atoms with Crippen molar-refractivity contribution in [3.63, 3.8) is 0 Å². The van der Waals surface area contributed by atoms with Crippen LogP contribution in [0.25, 0.3) is 0 Å². The number of benzene rings is 1. The van der Waals surface area contributed by atoms with Gasteiger partial charge in [0.05, 0.1) is 20.1 Å². The van der Waals surface area contributed by atoms with Crippen LogP contribution in [0, 0.1) is 0 Å². The van der Waals surface area contributed by atoms with E-state index in [0.717, 1.165) is 6.42 Å². The van der Waals surface area contributed by atoms with E-state index in [4.69, 9.17) is 0 Å². The first-order valence-electron chi connectivity index (χ1n) is 8.93. The van der Waals surface area contributed by atoms with Gasteiger partial charge in [-0.15, -0.1) is 0 Å². The lowest BCUT2D eigenvalue weighted by Gasteiger charge is -2.33. The molecule has 2 N–H and O–H groups in total. The Bertz CT molecular complexity index is 645. The second kappa shape index (κ2) is 9.33. The minimum atomic E-state index is -0.685. The number of esters is 1. The van der Waals surface area contributed by atoms with Crippen molar-refractivity contribution in [2.75, 3.05) is 32.1 Å². The fourth-order valence-electron chi connectivity index (χ4n) is 2.93. The van der Waals surface area contributed by atoms with Crippen molar-refractivity contribution in [3.8, 4) is 0 Å². The average Bonchev–Trinajstić information content (AvgIpc) is 2.64. The Morgan fingerprint density at radius 3 is 2.65 bits per heavy atom. The number of nitrogens with zero attached hydrogens (tertiary/aromatic N) is 1. The first-order valence-corrected chi connectivity index (χ1v) is 8.93. The van der Waals surface area contributed by atoms with E-state index in [2.05, 4.69) is 29.2 Å². The number of anilines is 1. The predicted molar refractivity (Wildman–Crippen MR) is 98.8 cm³/mol. The van der Waals surface area contributed by atoms with Gasteiger partial charge in [0.1, 0.15) is 6.04 Å². The molecular formula is C19H27N3O4. The smallest absolute Gasteiger partial charge is 0.307 e. The molecule has 26 heavy (non-hydrogen) atoms. The van der Waals surface area contributed by atoms with Crippen LogP contribution in [-0.2, 0) is 19.1 Å². The first kappa shape index (κ1) is 19.9. The second-order valence-electron chi connectivity index (χ2n) is 6.54. The molecule has 0 radical (unpaired) electrons. The van der Waals surface area contributed by atoms with Crippen LogP contribution in [-0.4, -0.2) is 55.5 Å². The maximum absolute atomic E-state index is 12.4. The Hall–Kier alpha value is -2.41. The summed E-state index contributed by atoms with van der Waals surface area (Å²) in [6, 6.07) is 7.11. The van der Waals surface area contributed by atoms with E-state index in [1.807, 2.05) is 24.3 Å². The second-order valence-corrected chi connectivity index (χ2v) is 6.54. The lowest BCUT2D eigenvalue weighted by Crippen LogP contribution is -2.57. The van der Waals surface area contributed by atoms with E-state index in [1.54, 1.807) is 4.90 Å². The highest BCUT2D eigenvalue weighted by atomic mass is 16.5. The van der Waals surface area contributed by atoms with Gasteiger partial charge in [-0.1, -0.05) is 26.0 Å². The third-order valence-corrected chi connectivity index (χ3v) is 4.75. The maximum atomic E-state index is 12.4. The highest BCUT2D eigenvalue weighted by Crippen LogP contribution is 2.20. The summed E-state index contributed by atoms with van der Waals surface area (Å²) in [6.07, 6.45) is 0.990. The Labute approximate surface area is 154 Å². The molecule has 2 amide bonds. The van der Waals surface area contributed by atoms with Crippen LogP contribution in [0.3, 0.4) is 0 Å². The van der Waals surface area contributed by atoms with Gasteiger partial charge in [-0.2, -0.15) is 0 Å². The number of rotatable bonds is 7. The van der Waals surface area contributed by atoms with Gasteiger partial charge in [-0.3, -0.25) is 19.3 Å². The molecule has 1 fully saturated rings. The summed E-state index contributed by atoms with van der Waals surface area (Å²) in [4.78, 5) is 37.6. The molecule has 1 aromatic rings. The number of methoxy groups -OCH3 is 1. The minimum Gasteiger partial charge on any atom is -0.469 e. The van der Waals surface area contributed by atoms with E-state index in [1.165, 1.54) is 12.7 Å². The zero-order valence-electron chi connectivity index (χ0n) is 15.6. The summed E-state index contributed by atoms with van der Waals surface area (Å²) in [6.45, 7) is 5.31. The molecule has 0 saturated carbocycles. The fourth-order valence-corrected chi connectivity index (χ4v) is 2.93. The Balaban J connectivity index is 1.96. The standard InChI is InChI=1S/C19H27N3O4/c1-4-13(2)14-5-7-15(8-6-14)21-17(23)12-22-10-9-20-19(25)16(22)11-18(24)26-3/h5-8,13,16H,4,9-12H2,1-3H3,(H,20,25)(H,21,23)/t13-,16-/m0/s1. The average molecular weight is 361 g/mol. The van der Waals surface area contributed by atoms with Crippen LogP contribution >= 0.6 is 0 Å². The van der Waals surface area contributed by atoms with Crippen LogP contribution in [0.1, 0.15) is 38.2 Å². The Morgan fingerprint density at radius 1 is 1.35 bits per heavy atom. The van der Waals surface area contributed by atoms with Gasteiger partial charge in [0.15, 0.2) is 0 Å². The summed E-state index contributed by atoms with van der Waals surface area (Å²) in [5, 5.41) is 5.56. The van der Waals surface area contributed by atoms with Crippen molar-refractivity contribution in [2.24, 2.45) is 0 Å². The van der Waals surface area contributed by atoms with E-state index in [0.29, 0.717) is 24.7 Å². The molecule has 7 nitrogen and oxygen atoms in total. The number of hydrogen-bond acceptors (Lipinski definition) is 5. The lowest BCUT2D eigenvalue weighted by atomic mass is 9.99. The molecule has 0 unspecified atom stereocenters. The maximum Gasteiger partial charge on any atom is 0.307 e. The quantitative estimate of drug-likeness (QED) is 0.719. The number of piperazine rings is 1. The molecule has 1 heterocycles. The molecule has 0 spiro atoms. The fraction of sp³-hybridized carbons (Fsp3) is 0.526. The summed E-state index contributed by atoms with van der Waals surface area (Å²) in [5.74, 6) is -0.470. The Morgan fingerprint density at radius 2 is 2.04 bits per heavy atom. The summed E-state index contributed by atoms with van der Waals surface area (Å²) >= 11 is 0. The predicted octanol–water partition coefficient (Wildman–Crippen LogP) is 1.50. The summed E-state index contributed by atoms with van der Waals surface area (Å²) in [7, 11) is 1.28. The molecule has 142 valence electrons. The zero-order chi connectivity index (χ0) is 19.1. The molecule has 0 aromatic heterocycles. The van der Waals surface area contributed by atoms with Crippen LogP contribution in [0.5, 0.6) is 0 Å². The molecule has 0 bridgehead atoms. The van der Waals surface area contributed by atoms with Gasteiger partial charge in [0.25, 0.3) is 0 Å². The topological polar surface area (TPSA) is 87.7 Å². The number of carbonyl (C=O) groups is 3. The monoisotopic (exact) mass is 361 g/mol. The van der Waals surface area contributed by atoms with Crippen LogP contribution in [0.15, 0.2) is 24.3 Å². The molecule has 1 aliphatic rings. The molecule has 1 aromatic carbocycles. The van der Waals surface area contributed by atoms with Crippen molar-refractivity contribution < 1.29 is 19.1 Å². The van der Waals surface area contributed by atoms with E-state index in [9.17, 15) is 14.4 Å². The van der Waals surface area contributed by atoms with Crippen molar-refractivity contribution in [1.82, 2.24) is 10.2 Å². The van der Waals surface area contributed by atoms with Gasteiger partial charge in [0, 0.05) is 18.8 Å². The van der Waals surface area contributed by atoms with Crippen molar-refractivity contribution in [3.05, 3.63) is 29.8 Å². The highest BCUT2D eigenvalue weighted by Gasteiger charge is 2.33. The van der Waals surface area contributed by atoms with Crippen LogP contribution in [0.4, 0.5) is 5.69 Å². The summed E-state index contributed by atoms with van der Waals surface area (Å²) < 4.78 is 4.64. The SMILES string of the molecule is CC[C@H](C)c1ccc(NC(=O)CN2CCNC(=O)[C@@H]2CC(=O)OC)cc1. The van der Waals surface area contributed by atoms with E-state index >= 15 is 0 Å². The van der Waals surface area contributed by atoms with Crippen molar-refractivity contribution in [2.45, 2.75) is 38.6 Å². The van der Waals surface area contributed by atoms with Crippen molar-refractivity contribution in [1.29, 1.82) is 0 Å². The summed E-state index contributed by atoms with van der Waals surface area (Å²) in [5.41, 5.74) is 1.95. The lowest BCUT2D eigenvalue weighted by molar-refractivity contribution is -0.146. The number of carbonyl (C=O) groups excluding carboxylic acids is 3. The van der Waals surface area contributed by atoms with E-state index < -0.39 is 12.0 Å². The third kappa shape index (κ3) is 5.29. The minimum absolute atomic E-state index is 0.0438. The molecule has 2 rings (SSSR count). The van der Waals surface area contributed by atoms with Crippen LogP contribution in [0.2, 0.25) is 0 Å². The third-order valence-electron chi connectivity index (χ3n) is 4.75.